The predicted octanol–water partition coefficient (Wildman–Crippen LogP) is 3.04. The number of H-pyrrole nitrogens is 1. The summed E-state index contributed by atoms with van der Waals surface area (Å²) in [5, 5.41) is 22.2. The second kappa shape index (κ2) is 7.30. The lowest BCUT2D eigenvalue weighted by Crippen LogP contribution is -2.21. The zero-order valence-electron chi connectivity index (χ0n) is 16.9. The van der Waals surface area contributed by atoms with Crippen molar-refractivity contribution in [2.24, 2.45) is 7.05 Å². The van der Waals surface area contributed by atoms with E-state index in [0.29, 0.717) is 24.3 Å². The van der Waals surface area contributed by atoms with E-state index in [1.54, 1.807) is 23.1 Å². The minimum atomic E-state index is -0.289. The van der Waals surface area contributed by atoms with Gasteiger partial charge in [0.05, 0.1) is 29.7 Å². The van der Waals surface area contributed by atoms with Crippen molar-refractivity contribution < 1.29 is 9.50 Å². The fourth-order valence-electron chi connectivity index (χ4n) is 4.26. The average Bonchev–Trinajstić information content (AvgIpc) is 3.41. The first-order valence-electron chi connectivity index (χ1n) is 10.0. The molecule has 1 aromatic carbocycles. The largest absolute Gasteiger partial charge is 0.392 e. The molecule has 2 N–H and O–H groups in total. The summed E-state index contributed by atoms with van der Waals surface area (Å²) in [5.74, 6) is -0.289. The Morgan fingerprint density at radius 1 is 1.27 bits per heavy atom. The molecule has 0 spiro atoms. The van der Waals surface area contributed by atoms with Crippen molar-refractivity contribution in [3.05, 3.63) is 53.7 Å². The zero-order valence-corrected chi connectivity index (χ0v) is 16.9. The van der Waals surface area contributed by atoms with E-state index in [-0.39, 0.29) is 11.9 Å². The molecule has 30 heavy (non-hydrogen) atoms. The number of aliphatic hydroxyl groups is 1. The maximum Gasteiger partial charge on any atom is 0.133 e. The molecule has 0 saturated carbocycles. The number of hydrogen-bond donors (Lipinski definition) is 2. The Morgan fingerprint density at radius 2 is 2.13 bits per heavy atom. The molecule has 1 fully saturated rings. The lowest BCUT2D eigenvalue weighted by Gasteiger charge is -2.17. The van der Waals surface area contributed by atoms with Crippen LogP contribution in [0, 0.1) is 12.7 Å². The van der Waals surface area contributed by atoms with Crippen LogP contribution in [0.1, 0.15) is 17.5 Å². The highest BCUT2D eigenvalue weighted by atomic mass is 19.1. The predicted molar refractivity (Wildman–Crippen MR) is 112 cm³/mol. The maximum absolute atomic E-state index is 15.2. The molecular weight excluding hydrogens is 383 g/mol. The smallest absolute Gasteiger partial charge is 0.133 e. The third-order valence-electron chi connectivity index (χ3n) is 5.68. The number of aromatic nitrogens is 5. The molecule has 8 heteroatoms. The van der Waals surface area contributed by atoms with Crippen molar-refractivity contribution in [1.29, 1.82) is 0 Å². The van der Waals surface area contributed by atoms with E-state index in [1.807, 2.05) is 32.3 Å². The molecule has 5 rings (SSSR count). The Morgan fingerprint density at radius 3 is 2.83 bits per heavy atom. The van der Waals surface area contributed by atoms with Crippen LogP contribution in [0.2, 0.25) is 0 Å². The van der Waals surface area contributed by atoms with Gasteiger partial charge in [0, 0.05) is 49.4 Å². The summed E-state index contributed by atoms with van der Waals surface area (Å²) in [4.78, 5) is 6.63. The number of nitrogens with zero attached hydrogens (tertiary/aromatic N) is 5. The highest BCUT2D eigenvalue weighted by molar-refractivity contribution is 5.94. The van der Waals surface area contributed by atoms with Gasteiger partial charge in [-0.25, -0.2) is 4.39 Å². The highest BCUT2D eigenvalue weighted by Gasteiger charge is 2.21. The van der Waals surface area contributed by atoms with E-state index in [2.05, 4.69) is 25.2 Å². The van der Waals surface area contributed by atoms with E-state index in [4.69, 9.17) is 0 Å². The monoisotopic (exact) mass is 406 g/mol. The van der Waals surface area contributed by atoms with Crippen molar-refractivity contribution in [2.45, 2.75) is 26.0 Å². The average molecular weight is 406 g/mol. The third kappa shape index (κ3) is 3.38. The Hall–Kier alpha value is -3.10. The normalized spacial score (nSPS) is 17.3. The van der Waals surface area contributed by atoms with Crippen LogP contribution in [-0.2, 0) is 13.6 Å². The molecule has 0 aliphatic carbocycles. The van der Waals surface area contributed by atoms with Gasteiger partial charge in [0.2, 0.25) is 0 Å². The van der Waals surface area contributed by atoms with E-state index in [0.717, 1.165) is 46.3 Å². The zero-order chi connectivity index (χ0) is 20.8. The van der Waals surface area contributed by atoms with Crippen LogP contribution in [0.25, 0.3) is 33.4 Å². The number of pyridine rings is 1. The van der Waals surface area contributed by atoms with Gasteiger partial charge in [-0.1, -0.05) is 6.07 Å². The van der Waals surface area contributed by atoms with Gasteiger partial charge in [-0.05, 0) is 36.6 Å². The summed E-state index contributed by atoms with van der Waals surface area (Å²) < 4.78 is 16.9. The number of benzene rings is 1. The molecule has 4 aromatic rings. The Bertz CT molecular complexity index is 1210. The van der Waals surface area contributed by atoms with Crippen molar-refractivity contribution in [1.82, 2.24) is 29.9 Å². The lowest BCUT2D eigenvalue weighted by molar-refractivity contribution is 0.175. The molecule has 3 aromatic heterocycles. The van der Waals surface area contributed by atoms with E-state index in [1.165, 1.54) is 0 Å². The van der Waals surface area contributed by atoms with Gasteiger partial charge in [-0.15, -0.1) is 0 Å². The number of halogens is 1. The van der Waals surface area contributed by atoms with Crippen LogP contribution < -0.4 is 0 Å². The summed E-state index contributed by atoms with van der Waals surface area (Å²) in [7, 11) is 1.86. The van der Waals surface area contributed by atoms with Gasteiger partial charge in [-0.3, -0.25) is 19.7 Å². The van der Waals surface area contributed by atoms with Crippen molar-refractivity contribution >= 4 is 10.9 Å². The van der Waals surface area contributed by atoms with Gasteiger partial charge in [-0.2, -0.15) is 10.2 Å². The van der Waals surface area contributed by atoms with Gasteiger partial charge in [0.15, 0.2) is 0 Å². The molecule has 1 aliphatic heterocycles. The number of aromatic amines is 1. The van der Waals surface area contributed by atoms with Gasteiger partial charge < -0.3 is 5.11 Å². The highest BCUT2D eigenvalue weighted by Crippen LogP contribution is 2.32. The number of β-amino-alcohol motifs (C(OH)–C–C–N with tert-alkyl or cyclic N) is 1. The first-order chi connectivity index (χ1) is 14.5. The van der Waals surface area contributed by atoms with E-state index in [9.17, 15) is 5.11 Å². The second-order valence-corrected chi connectivity index (χ2v) is 8.04. The molecule has 0 radical (unpaired) electrons. The molecule has 0 amide bonds. The molecular formula is C22H23FN6O. The number of aryl methyl sites for hydroxylation is 2. The number of aliphatic hydroxyl groups excluding tert-OH is 1. The van der Waals surface area contributed by atoms with Crippen LogP contribution in [0.5, 0.6) is 0 Å². The van der Waals surface area contributed by atoms with Gasteiger partial charge in [0.1, 0.15) is 11.5 Å². The number of nitrogens with one attached hydrogen (secondary N) is 1. The van der Waals surface area contributed by atoms with Crippen molar-refractivity contribution in [2.75, 3.05) is 13.1 Å². The van der Waals surface area contributed by atoms with Crippen LogP contribution in [0.15, 0.2) is 36.8 Å². The second-order valence-electron chi connectivity index (χ2n) is 8.04. The van der Waals surface area contributed by atoms with Crippen molar-refractivity contribution in [3.8, 4) is 22.5 Å². The molecule has 7 nitrogen and oxygen atoms in total. The van der Waals surface area contributed by atoms with Crippen LogP contribution in [0.4, 0.5) is 4.39 Å². The fourth-order valence-corrected chi connectivity index (χ4v) is 4.26. The third-order valence-corrected chi connectivity index (χ3v) is 5.68. The number of likely N-dealkylation sites (tertiary alicyclic amines) is 1. The minimum absolute atomic E-state index is 0.282. The van der Waals surface area contributed by atoms with E-state index >= 15 is 4.39 Å². The topological polar surface area (TPSA) is 82.9 Å². The molecule has 1 unspecified atom stereocenters. The summed E-state index contributed by atoms with van der Waals surface area (Å²) in [5.41, 5.74) is 5.27. The lowest BCUT2D eigenvalue weighted by atomic mass is 9.99. The Labute approximate surface area is 173 Å². The Kier molecular flexibility index (Phi) is 4.60. The summed E-state index contributed by atoms with van der Waals surface area (Å²) in [6.07, 6.45) is 5.83. The molecule has 154 valence electrons. The number of fused-ring (bicyclic) bond motifs is 1. The molecule has 0 bridgehead atoms. The van der Waals surface area contributed by atoms with E-state index < -0.39 is 0 Å². The number of rotatable bonds is 4. The minimum Gasteiger partial charge on any atom is -0.392 e. The SMILES string of the molecule is Cc1cc(CN2CCC(O)C2)cc(F)c1-c1cc2c(-c3cnn(C)c3)n[nH]c2cn1. The van der Waals surface area contributed by atoms with Gasteiger partial charge in [0.25, 0.3) is 0 Å². The number of hydrogen-bond acceptors (Lipinski definition) is 5. The molecule has 1 saturated heterocycles. The maximum atomic E-state index is 15.2. The van der Waals surface area contributed by atoms with Crippen LogP contribution in [-0.4, -0.2) is 54.2 Å². The summed E-state index contributed by atoms with van der Waals surface area (Å²) in [6.45, 7) is 4.01. The first kappa shape index (κ1) is 18.9. The van der Waals surface area contributed by atoms with Crippen LogP contribution in [0.3, 0.4) is 0 Å². The summed E-state index contributed by atoms with van der Waals surface area (Å²) in [6, 6.07) is 5.46. The first-order valence-corrected chi connectivity index (χ1v) is 10.0. The quantitative estimate of drug-likeness (QED) is 0.544. The fraction of sp³-hybridized carbons (Fsp3) is 0.318. The molecule has 1 atom stereocenters. The standard InChI is InChI=1S/C22H23FN6O/c1-13-5-14(10-29-4-3-16(30)12-29)6-18(23)21(13)19-7-17-20(9-24-19)26-27-22(17)15-8-25-28(2)11-15/h5-9,11,16,30H,3-4,10,12H2,1-2H3,(H,26,27). The summed E-state index contributed by atoms with van der Waals surface area (Å²) >= 11 is 0. The Balaban J connectivity index is 1.51. The molecule has 1 aliphatic rings. The van der Waals surface area contributed by atoms with Crippen molar-refractivity contribution in [3.63, 3.8) is 0 Å². The van der Waals surface area contributed by atoms with Crippen LogP contribution >= 0.6 is 0 Å². The van der Waals surface area contributed by atoms with Gasteiger partial charge >= 0.3 is 0 Å². The molecule has 4 heterocycles.